The first-order valence-corrected chi connectivity index (χ1v) is 14.5. The van der Waals surface area contributed by atoms with Crippen molar-refractivity contribution in [1.29, 1.82) is 0 Å². The van der Waals surface area contributed by atoms with Crippen molar-refractivity contribution in [2.45, 2.75) is 18.9 Å². The topological polar surface area (TPSA) is 287 Å². The number of nitrogens with two attached hydrogens (primary N) is 2. The van der Waals surface area contributed by atoms with Crippen molar-refractivity contribution in [1.82, 2.24) is 16.0 Å². The van der Waals surface area contributed by atoms with Gasteiger partial charge in [0.1, 0.15) is 17.2 Å². The number of nitrogens with one attached hydrogen (secondary N) is 6. The van der Waals surface area contributed by atoms with Crippen LogP contribution in [0.25, 0.3) is 0 Å². The summed E-state index contributed by atoms with van der Waals surface area (Å²) in [6.07, 6.45) is 1.11. The molecule has 0 fully saturated rings. The summed E-state index contributed by atoms with van der Waals surface area (Å²) in [7, 11) is 1.63. The Morgan fingerprint density at radius 2 is 1.08 bits per heavy atom. The number of primary amides is 1. The average Bonchev–Trinajstić information content (AvgIpc) is 3.05. The number of carbonyl (C=O) groups is 6. The van der Waals surface area contributed by atoms with Gasteiger partial charge in [-0.2, -0.15) is 0 Å². The van der Waals surface area contributed by atoms with Crippen molar-refractivity contribution in [2.24, 2.45) is 11.5 Å². The summed E-state index contributed by atoms with van der Waals surface area (Å²) in [5.74, 6) is -5.58. The molecule has 48 heavy (non-hydrogen) atoms. The third-order valence-corrected chi connectivity index (χ3v) is 6.76. The van der Waals surface area contributed by atoms with Gasteiger partial charge in [-0.1, -0.05) is 0 Å². The van der Waals surface area contributed by atoms with E-state index in [2.05, 4.69) is 31.9 Å². The van der Waals surface area contributed by atoms with E-state index in [9.17, 15) is 44.1 Å². The molecule has 3 aromatic rings. The molecule has 0 radical (unpaired) electrons. The number of rotatable bonds is 15. The molecule has 6 amide bonds. The Morgan fingerprint density at radius 1 is 0.667 bits per heavy atom. The van der Waals surface area contributed by atoms with Crippen molar-refractivity contribution >= 4 is 52.5 Å². The average molecular weight is 665 g/mol. The van der Waals surface area contributed by atoms with E-state index in [1.165, 1.54) is 30.3 Å². The van der Waals surface area contributed by atoms with Gasteiger partial charge >= 0.3 is 0 Å². The second kappa shape index (κ2) is 16.9. The van der Waals surface area contributed by atoms with Gasteiger partial charge < -0.3 is 58.7 Å². The number of phenolic OH excluding ortho intramolecular Hbond substituents is 2. The molecule has 0 saturated heterocycles. The zero-order valence-electron chi connectivity index (χ0n) is 25.8. The zero-order valence-corrected chi connectivity index (χ0v) is 25.8. The van der Waals surface area contributed by atoms with Crippen LogP contribution in [-0.2, 0) is 14.4 Å². The van der Waals surface area contributed by atoms with Crippen molar-refractivity contribution < 1.29 is 44.1 Å². The molecule has 0 saturated carbocycles. The molecule has 0 heterocycles. The number of hydrogen-bond donors (Lipinski definition) is 11. The van der Waals surface area contributed by atoms with Gasteiger partial charge in [-0.3, -0.25) is 28.8 Å². The Morgan fingerprint density at radius 3 is 1.50 bits per heavy atom. The second-order valence-corrected chi connectivity index (χ2v) is 10.3. The van der Waals surface area contributed by atoms with Crippen LogP contribution in [0.4, 0.5) is 17.1 Å². The molecule has 0 unspecified atom stereocenters. The third-order valence-electron chi connectivity index (χ3n) is 6.76. The second-order valence-electron chi connectivity index (χ2n) is 10.3. The maximum absolute atomic E-state index is 12.7. The minimum Gasteiger partial charge on any atom is -0.507 e. The molecule has 3 aromatic carbocycles. The fourth-order valence-corrected chi connectivity index (χ4v) is 4.28. The molecule has 17 nitrogen and oxygen atoms in total. The molecule has 0 aliphatic carbocycles. The Balaban J connectivity index is 1.55. The number of amides is 6. The van der Waals surface area contributed by atoms with Crippen LogP contribution < -0.4 is 43.4 Å². The lowest BCUT2D eigenvalue weighted by Gasteiger charge is -2.16. The van der Waals surface area contributed by atoms with Gasteiger partial charge in [-0.15, -0.1) is 0 Å². The highest BCUT2D eigenvalue weighted by Gasteiger charge is 2.19. The summed E-state index contributed by atoms with van der Waals surface area (Å²) in [6.45, 7) is -0.679. The van der Waals surface area contributed by atoms with E-state index in [-0.39, 0.29) is 51.2 Å². The van der Waals surface area contributed by atoms with Crippen molar-refractivity contribution in [2.75, 3.05) is 42.6 Å². The molecule has 0 aromatic heterocycles. The Bertz CT molecular complexity index is 1710. The molecule has 0 spiro atoms. The van der Waals surface area contributed by atoms with Crippen LogP contribution in [-0.4, -0.2) is 83.5 Å². The highest BCUT2D eigenvalue weighted by atomic mass is 16.3. The molecule has 13 N–H and O–H groups in total. The summed E-state index contributed by atoms with van der Waals surface area (Å²) in [5.41, 5.74) is 10.4. The van der Waals surface area contributed by atoms with E-state index in [0.29, 0.717) is 19.4 Å². The first kappa shape index (κ1) is 36.3. The number of carbonyl (C=O) groups excluding carboxylic acids is 6. The maximum Gasteiger partial charge on any atom is 0.255 e. The predicted molar refractivity (Wildman–Crippen MR) is 175 cm³/mol. The summed E-state index contributed by atoms with van der Waals surface area (Å²) in [5, 5.41) is 45.1. The molecule has 0 aliphatic heterocycles. The number of phenols is 3. The predicted octanol–water partition coefficient (Wildman–Crippen LogP) is -0.0953. The van der Waals surface area contributed by atoms with Crippen molar-refractivity contribution in [3.05, 3.63) is 71.3 Å². The Labute approximate surface area is 274 Å². The lowest BCUT2D eigenvalue weighted by Crippen LogP contribution is -2.38. The highest BCUT2D eigenvalue weighted by molar-refractivity contribution is 6.05. The quantitative estimate of drug-likeness (QED) is 0.0954. The van der Waals surface area contributed by atoms with Gasteiger partial charge in [0.05, 0.1) is 35.8 Å². The number of benzene rings is 3. The zero-order chi connectivity index (χ0) is 35.4. The summed E-state index contributed by atoms with van der Waals surface area (Å²) >= 11 is 0. The third kappa shape index (κ3) is 10.2. The van der Waals surface area contributed by atoms with Crippen LogP contribution in [0.3, 0.4) is 0 Å². The lowest BCUT2D eigenvalue weighted by molar-refractivity contribution is -0.118. The number of aromatic hydroxyl groups is 3. The molecular weight excluding hydrogens is 628 g/mol. The first-order valence-electron chi connectivity index (χ1n) is 14.5. The molecule has 0 aliphatic rings. The van der Waals surface area contributed by atoms with Crippen LogP contribution in [0.1, 0.15) is 43.9 Å². The molecular formula is C31H36N8O9. The Hall–Kier alpha value is -6.20. The lowest BCUT2D eigenvalue weighted by atomic mass is 10.1. The standard InChI is InChI=1S/C31H36N8O9/c1-34-22(3-2-10-32)31(48)39-18-6-9-25(42)21(13-18)30(47)36-15-27(44)38-17-5-8-24(41)20(12-17)29(46)35-14-26(43)37-16-4-7-23(40)19(11-16)28(33)45/h4-9,11-13,22,34,40-42H,2-3,10,14-15,32H2,1H3,(H2,33,45)(H,35,46)(H,36,47)(H,37,43)(H,38,44)(H,39,48)/t22-/m1/s1. The summed E-state index contributed by atoms with van der Waals surface area (Å²) in [4.78, 5) is 74.2. The Kier molecular flexibility index (Phi) is 12.8. The van der Waals surface area contributed by atoms with Crippen molar-refractivity contribution in [3.63, 3.8) is 0 Å². The van der Waals surface area contributed by atoms with Crippen LogP contribution in [0, 0.1) is 0 Å². The van der Waals surface area contributed by atoms with Gasteiger partial charge in [-0.25, -0.2) is 0 Å². The van der Waals surface area contributed by atoms with Gasteiger partial charge in [0.2, 0.25) is 17.7 Å². The normalized spacial score (nSPS) is 11.1. The SMILES string of the molecule is CN[C@H](CCCN)C(=O)Nc1ccc(O)c(C(=O)NCC(=O)Nc2ccc(O)c(C(=O)NCC(=O)Nc3ccc(O)c(C(N)=O)c3)c2)c1. The first-order chi connectivity index (χ1) is 22.8. The highest BCUT2D eigenvalue weighted by Crippen LogP contribution is 2.24. The van der Waals surface area contributed by atoms with Crippen LogP contribution in [0.5, 0.6) is 17.2 Å². The minimum atomic E-state index is -0.911. The number of anilines is 3. The molecule has 3 rings (SSSR count). The molecule has 1 atom stereocenters. The largest absolute Gasteiger partial charge is 0.507 e. The smallest absolute Gasteiger partial charge is 0.255 e. The molecule has 17 heteroatoms. The summed E-state index contributed by atoms with van der Waals surface area (Å²) < 4.78 is 0. The van der Waals surface area contributed by atoms with E-state index < -0.39 is 54.4 Å². The minimum absolute atomic E-state index is 0.0750. The monoisotopic (exact) mass is 664 g/mol. The fourth-order valence-electron chi connectivity index (χ4n) is 4.28. The van der Waals surface area contributed by atoms with Gasteiger partial charge in [-0.05, 0) is 81.0 Å². The molecule has 254 valence electrons. The number of hydrogen-bond acceptors (Lipinski definition) is 11. The van der Waals surface area contributed by atoms with E-state index >= 15 is 0 Å². The van der Waals surface area contributed by atoms with E-state index in [1.54, 1.807) is 7.05 Å². The van der Waals surface area contributed by atoms with Gasteiger partial charge in [0.25, 0.3) is 17.7 Å². The van der Waals surface area contributed by atoms with Crippen molar-refractivity contribution in [3.8, 4) is 17.2 Å². The molecule has 0 bridgehead atoms. The van der Waals surface area contributed by atoms with E-state index in [1.807, 2.05) is 0 Å². The van der Waals surface area contributed by atoms with E-state index in [4.69, 9.17) is 11.5 Å². The summed E-state index contributed by atoms with van der Waals surface area (Å²) in [6, 6.07) is 10.6. The van der Waals surface area contributed by atoms with Gasteiger partial charge in [0, 0.05) is 17.1 Å². The number of likely N-dealkylation sites (N-methyl/N-ethyl adjacent to an activating group) is 1. The van der Waals surface area contributed by atoms with Crippen LogP contribution in [0.15, 0.2) is 54.6 Å². The fraction of sp³-hybridized carbons (Fsp3) is 0.226. The van der Waals surface area contributed by atoms with Gasteiger partial charge in [0.15, 0.2) is 0 Å². The van der Waals surface area contributed by atoms with E-state index in [0.717, 1.165) is 24.3 Å². The maximum atomic E-state index is 12.7. The van der Waals surface area contributed by atoms with Crippen LogP contribution >= 0.6 is 0 Å². The van der Waals surface area contributed by atoms with Crippen LogP contribution in [0.2, 0.25) is 0 Å².